The molecule has 17 heavy (non-hydrogen) atoms. The summed E-state index contributed by atoms with van der Waals surface area (Å²) in [5.41, 5.74) is 7.63. The van der Waals surface area contributed by atoms with Crippen molar-refractivity contribution in [3.63, 3.8) is 0 Å². The number of alkyl halides is 1. The molecule has 1 aromatic rings. The number of nitrogens with two attached hydrogens (primary N) is 1. The molecule has 0 saturated carbocycles. The van der Waals surface area contributed by atoms with Gasteiger partial charge in [0.1, 0.15) is 5.84 Å². The number of hydrogen-bond donors (Lipinski definition) is 1. The highest BCUT2D eigenvalue weighted by molar-refractivity contribution is 6.28. The number of amidine groups is 1. The first kappa shape index (κ1) is 12.2. The Hall–Kier alpha value is -1.26. The Morgan fingerprint density at radius 2 is 2.06 bits per heavy atom. The lowest BCUT2D eigenvalue weighted by Gasteiger charge is -2.29. The number of hydrogen-bond acceptors (Lipinski definition) is 3. The summed E-state index contributed by atoms with van der Waals surface area (Å²) in [5, 5.41) is 0. The first-order valence-electron chi connectivity index (χ1n) is 5.62. The molecule has 5 heteroatoms. The molecule has 0 spiro atoms. The van der Waals surface area contributed by atoms with E-state index in [0.717, 1.165) is 37.7 Å². The summed E-state index contributed by atoms with van der Waals surface area (Å²) in [6.45, 7) is 3.27. The fourth-order valence-corrected chi connectivity index (χ4v) is 1.87. The van der Waals surface area contributed by atoms with Crippen molar-refractivity contribution in [2.45, 2.75) is 0 Å². The Balaban J connectivity index is 2.26. The zero-order chi connectivity index (χ0) is 12.1. The third-order valence-electron chi connectivity index (χ3n) is 2.63. The summed E-state index contributed by atoms with van der Waals surface area (Å²) in [5.74, 6) is 0.685. The van der Waals surface area contributed by atoms with Crippen molar-refractivity contribution in [2.75, 3.05) is 37.1 Å². The largest absolute Gasteiger partial charge is 0.386 e. The Morgan fingerprint density at radius 3 is 2.76 bits per heavy atom. The smallest absolute Gasteiger partial charge is 0.115 e. The number of anilines is 1. The van der Waals surface area contributed by atoms with Crippen LogP contribution in [0.5, 0.6) is 0 Å². The van der Waals surface area contributed by atoms with E-state index in [1.165, 1.54) is 0 Å². The van der Waals surface area contributed by atoms with Crippen LogP contribution in [0.4, 0.5) is 11.4 Å². The van der Waals surface area contributed by atoms with Crippen LogP contribution in [0.3, 0.4) is 0 Å². The minimum Gasteiger partial charge on any atom is -0.386 e. The second-order valence-corrected chi connectivity index (χ2v) is 4.09. The van der Waals surface area contributed by atoms with Crippen LogP contribution < -0.4 is 10.6 Å². The molecule has 1 aliphatic heterocycles. The quantitative estimate of drug-likeness (QED) is 0.507. The minimum atomic E-state index is 0.247. The van der Waals surface area contributed by atoms with E-state index in [1.54, 1.807) is 0 Å². The average Bonchev–Trinajstić information content (AvgIpc) is 2.40. The van der Waals surface area contributed by atoms with Gasteiger partial charge in [-0.25, -0.2) is 4.99 Å². The molecule has 2 N–H and O–H groups in total. The second kappa shape index (κ2) is 5.89. The van der Waals surface area contributed by atoms with Crippen LogP contribution in [0, 0.1) is 0 Å². The molecule has 1 saturated heterocycles. The summed E-state index contributed by atoms with van der Waals surface area (Å²) < 4.78 is 5.34. The van der Waals surface area contributed by atoms with Crippen molar-refractivity contribution in [1.82, 2.24) is 0 Å². The van der Waals surface area contributed by atoms with Gasteiger partial charge in [-0.3, -0.25) is 0 Å². The second-order valence-electron chi connectivity index (χ2n) is 3.82. The monoisotopic (exact) mass is 253 g/mol. The molecule has 92 valence electrons. The summed E-state index contributed by atoms with van der Waals surface area (Å²) >= 11 is 5.65. The minimum absolute atomic E-state index is 0.247. The number of ether oxygens (including phenoxy) is 1. The predicted octanol–water partition coefficient (Wildman–Crippen LogP) is 1.75. The molecule has 0 unspecified atom stereocenters. The maximum atomic E-state index is 5.68. The van der Waals surface area contributed by atoms with Crippen LogP contribution in [0.15, 0.2) is 29.3 Å². The molecule has 0 atom stereocenters. The van der Waals surface area contributed by atoms with Crippen molar-refractivity contribution in [2.24, 2.45) is 10.7 Å². The fourth-order valence-electron chi connectivity index (χ4n) is 1.81. The summed E-state index contributed by atoms with van der Waals surface area (Å²) in [4.78, 5) is 6.59. The Kier molecular flexibility index (Phi) is 4.23. The lowest BCUT2D eigenvalue weighted by Crippen LogP contribution is -2.36. The lowest BCUT2D eigenvalue weighted by atomic mass is 10.2. The molecular formula is C12H16ClN3O. The molecule has 4 nitrogen and oxygen atoms in total. The Bertz CT molecular complexity index is 402. The van der Waals surface area contributed by atoms with Gasteiger partial charge in [0.15, 0.2) is 0 Å². The highest BCUT2D eigenvalue weighted by atomic mass is 35.5. The molecule has 1 heterocycles. The zero-order valence-electron chi connectivity index (χ0n) is 9.60. The van der Waals surface area contributed by atoms with Gasteiger partial charge in [-0.15, -0.1) is 11.6 Å². The Labute approximate surface area is 106 Å². The fraction of sp³-hybridized carbons (Fsp3) is 0.417. The van der Waals surface area contributed by atoms with E-state index in [2.05, 4.69) is 9.89 Å². The SMILES string of the molecule is NC(CCl)=Nc1ccccc1N1CCOCC1. The highest BCUT2D eigenvalue weighted by Gasteiger charge is 2.14. The van der Waals surface area contributed by atoms with Crippen LogP contribution in [0.1, 0.15) is 0 Å². The third-order valence-corrected chi connectivity index (χ3v) is 2.91. The number of benzene rings is 1. The van der Waals surface area contributed by atoms with Gasteiger partial charge >= 0.3 is 0 Å². The van der Waals surface area contributed by atoms with Gasteiger partial charge in [0.05, 0.1) is 30.5 Å². The molecule has 0 radical (unpaired) electrons. The Morgan fingerprint density at radius 1 is 1.35 bits per heavy atom. The first-order valence-corrected chi connectivity index (χ1v) is 6.15. The molecule has 1 aromatic carbocycles. The van der Waals surface area contributed by atoms with Crippen LogP contribution in [-0.4, -0.2) is 38.0 Å². The molecular weight excluding hydrogens is 238 g/mol. The number of halogens is 1. The number of aliphatic imine (C=N–C) groups is 1. The summed E-state index contributed by atoms with van der Waals surface area (Å²) in [6.07, 6.45) is 0. The predicted molar refractivity (Wildman–Crippen MR) is 71.5 cm³/mol. The van der Waals surface area contributed by atoms with Gasteiger partial charge in [0.2, 0.25) is 0 Å². The van der Waals surface area contributed by atoms with Gasteiger partial charge in [0, 0.05) is 13.1 Å². The normalized spacial score (nSPS) is 17.2. The van der Waals surface area contributed by atoms with E-state index in [9.17, 15) is 0 Å². The topological polar surface area (TPSA) is 50.8 Å². The first-order chi connectivity index (χ1) is 8.31. The van der Waals surface area contributed by atoms with E-state index in [-0.39, 0.29) is 5.88 Å². The van der Waals surface area contributed by atoms with Crippen LogP contribution >= 0.6 is 11.6 Å². The molecule has 0 aliphatic carbocycles. The number of rotatable bonds is 3. The average molecular weight is 254 g/mol. The van der Waals surface area contributed by atoms with Crippen molar-refractivity contribution >= 4 is 28.8 Å². The van der Waals surface area contributed by atoms with Crippen molar-refractivity contribution in [1.29, 1.82) is 0 Å². The lowest BCUT2D eigenvalue weighted by molar-refractivity contribution is 0.123. The van der Waals surface area contributed by atoms with Crippen molar-refractivity contribution < 1.29 is 4.74 Å². The maximum Gasteiger partial charge on any atom is 0.115 e. The number of nitrogens with zero attached hydrogens (tertiary/aromatic N) is 2. The molecule has 0 bridgehead atoms. The van der Waals surface area contributed by atoms with Gasteiger partial charge in [0.25, 0.3) is 0 Å². The van der Waals surface area contributed by atoms with Gasteiger partial charge < -0.3 is 15.4 Å². The van der Waals surface area contributed by atoms with Gasteiger partial charge in [-0.1, -0.05) is 12.1 Å². The molecule has 2 rings (SSSR count). The molecule has 1 fully saturated rings. The maximum absolute atomic E-state index is 5.68. The van der Waals surface area contributed by atoms with Crippen LogP contribution in [0.25, 0.3) is 0 Å². The van der Waals surface area contributed by atoms with Gasteiger partial charge in [-0.2, -0.15) is 0 Å². The van der Waals surface area contributed by atoms with E-state index >= 15 is 0 Å². The highest BCUT2D eigenvalue weighted by Crippen LogP contribution is 2.28. The number of morpholine rings is 1. The van der Waals surface area contributed by atoms with E-state index < -0.39 is 0 Å². The van der Waals surface area contributed by atoms with Crippen LogP contribution in [0.2, 0.25) is 0 Å². The zero-order valence-corrected chi connectivity index (χ0v) is 10.4. The standard InChI is InChI=1S/C12H16ClN3O/c13-9-12(14)15-10-3-1-2-4-11(10)16-5-7-17-8-6-16/h1-4H,5-9H2,(H2,14,15). The van der Waals surface area contributed by atoms with Crippen molar-refractivity contribution in [3.05, 3.63) is 24.3 Å². The third kappa shape index (κ3) is 3.11. The van der Waals surface area contributed by atoms with Crippen molar-refractivity contribution in [3.8, 4) is 0 Å². The molecule has 0 amide bonds. The van der Waals surface area contributed by atoms with E-state index in [1.807, 2.05) is 24.3 Å². The van der Waals surface area contributed by atoms with Gasteiger partial charge in [-0.05, 0) is 12.1 Å². The van der Waals surface area contributed by atoms with Crippen LogP contribution in [-0.2, 0) is 4.74 Å². The van der Waals surface area contributed by atoms with E-state index in [4.69, 9.17) is 22.1 Å². The summed E-state index contributed by atoms with van der Waals surface area (Å²) in [7, 11) is 0. The van der Waals surface area contributed by atoms with E-state index in [0.29, 0.717) is 5.84 Å². The number of para-hydroxylation sites is 2. The molecule has 1 aliphatic rings. The molecule has 0 aromatic heterocycles. The summed E-state index contributed by atoms with van der Waals surface area (Å²) in [6, 6.07) is 7.95.